The summed E-state index contributed by atoms with van der Waals surface area (Å²) >= 11 is 1.44. The third-order valence-corrected chi connectivity index (χ3v) is 5.87. The van der Waals surface area contributed by atoms with E-state index in [0.29, 0.717) is 23.7 Å². The highest BCUT2D eigenvalue weighted by molar-refractivity contribution is 7.16. The lowest BCUT2D eigenvalue weighted by atomic mass is 10.2. The number of ether oxygens (including phenoxy) is 1. The molecule has 1 saturated heterocycles. The molecule has 0 bridgehead atoms. The van der Waals surface area contributed by atoms with Crippen molar-refractivity contribution in [1.82, 2.24) is 9.80 Å². The molecule has 2 aromatic heterocycles. The summed E-state index contributed by atoms with van der Waals surface area (Å²) in [6, 6.07) is 5.69. The van der Waals surface area contributed by atoms with Crippen LogP contribution in [-0.4, -0.2) is 61.0 Å². The van der Waals surface area contributed by atoms with E-state index in [-0.39, 0.29) is 11.9 Å². The predicted molar refractivity (Wildman–Crippen MR) is 109 cm³/mol. The minimum absolute atomic E-state index is 0.102. The first-order chi connectivity index (χ1) is 13.6. The standard InChI is InChI=1S/C20H27N3O4S/c1-3-16-12-17(20(25)26-4-2)19(28-16)21-18(24)14-23-9-7-22(8-10-23)13-15-6-5-11-27-15/h5-6,11-12H,3-4,7-10,13-14H2,1-2H3,(H,21,24). The number of carbonyl (C=O) groups is 2. The van der Waals surface area contributed by atoms with E-state index in [4.69, 9.17) is 9.15 Å². The summed E-state index contributed by atoms with van der Waals surface area (Å²) in [5.74, 6) is 0.469. The van der Waals surface area contributed by atoms with Crippen molar-refractivity contribution < 1.29 is 18.7 Å². The first kappa shape index (κ1) is 20.6. The molecule has 0 saturated carbocycles. The zero-order chi connectivity index (χ0) is 19.9. The second-order valence-corrected chi connectivity index (χ2v) is 7.85. The number of aryl methyl sites for hydroxylation is 1. The van der Waals surface area contributed by atoms with Crippen LogP contribution in [0.2, 0.25) is 0 Å². The number of thiophene rings is 1. The summed E-state index contributed by atoms with van der Waals surface area (Å²) < 4.78 is 10.5. The number of piperazine rings is 1. The number of carbonyl (C=O) groups excluding carboxylic acids is 2. The van der Waals surface area contributed by atoms with Crippen LogP contribution in [0.15, 0.2) is 28.9 Å². The van der Waals surface area contributed by atoms with Gasteiger partial charge in [0.1, 0.15) is 10.8 Å². The van der Waals surface area contributed by atoms with Crippen LogP contribution in [0.4, 0.5) is 5.00 Å². The van der Waals surface area contributed by atoms with Gasteiger partial charge in [-0.15, -0.1) is 11.3 Å². The summed E-state index contributed by atoms with van der Waals surface area (Å²) in [6.45, 7) is 8.64. The normalized spacial score (nSPS) is 15.5. The number of rotatable bonds is 8. The molecule has 152 valence electrons. The van der Waals surface area contributed by atoms with Crippen LogP contribution in [0.3, 0.4) is 0 Å². The first-order valence-corrected chi connectivity index (χ1v) is 10.5. The van der Waals surface area contributed by atoms with Crippen molar-refractivity contribution in [3.8, 4) is 0 Å². The molecular formula is C20H27N3O4S. The number of hydrogen-bond acceptors (Lipinski definition) is 7. The maximum atomic E-state index is 12.5. The highest BCUT2D eigenvalue weighted by Gasteiger charge is 2.22. The van der Waals surface area contributed by atoms with Gasteiger partial charge in [-0.3, -0.25) is 14.6 Å². The smallest absolute Gasteiger partial charge is 0.341 e. The Morgan fingerprint density at radius 2 is 1.96 bits per heavy atom. The van der Waals surface area contributed by atoms with Crippen LogP contribution >= 0.6 is 11.3 Å². The monoisotopic (exact) mass is 405 g/mol. The number of amides is 1. The molecule has 1 amide bonds. The molecule has 28 heavy (non-hydrogen) atoms. The van der Waals surface area contributed by atoms with Crippen molar-refractivity contribution in [2.75, 3.05) is 44.6 Å². The van der Waals surface area contributed by atoms with Gasteiger partial charge in [0.2, 0.25) is 5.91 Å². The molecule has 0 atom stereocenters. The summed E-state index contributed by atoms with van der Waals surface area (Å²) in [5.41, 5.74) is 0.445. The largest absolute Gasteiger partial charge is 0.468 e. The molecule has 1 fully saturated rings. The Kier molecular flexibility index (Phi) is 7.24. The maximum absolute atomic E-state index is 12.5. The molecule has 1 aliphatic heterocycles. The zero-order valence-electron chi connectivity index (χ0n) is 16.4. The second kappa shape index (κ2) is 9.86. The predicted octanol–water partition coefficient (Wildman–Crippen LogP) is 2.84. The van der Waals surface area contributed by atoms with Crippen molar-refractivity contribution in [2.45, 2.75) is 26.8 Å². The molecule has 0 aliphatic carbocycles. The molecule has 7 nitrogen and oxygen atoms in total. The van der Waals surface area contributed by atoms with E-state index in [1.165, 1.54) is 11.3 Å². The Labute approximate surface area is 169 Å². The van der Waals surface area contributed by atoms with Crippen LogP contribution in [0.5, 0.6) is 0 Å². The van der Waals surface area contributed by atoms with Gasteiger partial charge in [0.15, 0.2) is 0 Å². The molecule has 0 spiro atoms. The molecule has 1 aliphatic rings. The van der Waals surface area contributed by atoms with Crippen LogP contribution in [0.1, 0.15) is 34.8 Å². The fourth-order valence-corrected chi connectivity index (χ4v) is 4.17. The van der Waals surface area contributed by atoms with Gasteiger partial charge in [-0.05, 0) is 31.5 Å². The zero-order valence-corrected chi connectivity index (χ0v) is 17.2. The Morgan fingerprint density at radius 3 is 2.61 bits per heavy atom. The van der Waals surface area contributed by atoms with Crippen molar-refractivity contribution in [1.29, 1.82) is 0 Å². The fourth-order valence-electron chi connectivity index (χ4n) is 3.17. The third kappa shape index (κ3) is 5.43. The highest BCUT2D eigenvalue weighted by Crippen LogP contribution is 2.29. The van der Waals surface area contributed by atoms with Gasteiger partial charge in [0.25, 0.3) is 0 Å². The van der Waals surface area contributed by atoms with Crippen LogP contribution in [-0.2, 0) is 22.5 Å². The van der Waals surface area contributed by atoms with Gasteiger partial charge < -0.3 is 14.5 Å². The van der Waals surface area contributed by atoms with Crippen molar-refractivity contribution >= 4 is 28.2 Å². The van der Waals surface area contributed by atoms with Gasteiger partial charge >= 0.3 is 5.97 Å². The Balaban J connectivity index is 1.51. The van der Waals surface area contributed by atoms with E-state index in [0.717, 1.165) is 49.8 Å². The van der Waals surface area contributed by atoms with E-state index in [9.17, 15) is 9.59 Å². The Morgan fingerprint density at radius 1 is 1.21 bits per heavy atom. The summed E-state index contributed by atoms with van der Waals surface area (Å²) in [6.07, 6.45) is 2.50. The van der Waals surface area contributed by atoms with Gasteiger partial charge in [0, 0.05) is 31.1 Å². The van der Waals surface area contributed by atoms with Gasteiger partial charge in [-0.1, -0.05) is 6.92 Å². The molecular weight excluding hydrogens is 378 g/mol. The van der Waals surface area contributed by atoms with E-state index < -0.39 is 0 Å². The quantitative estimate of drug-likeness (QED) is 0.681. The number of esters is 1. The Bertz CT molecular complexity index is 779. The van der Waals surface area contributed by atoms with E-state index in [1.54, 1.807) is 13.2 Å². The summed E-state index contributed by atoms with van der Waals surface area (Å²) in [5, 5.41) is 3.49. The van der Waals surface area contributed by atoms with Crippen molar-refractivity contribution in [2.24, 2.45) is 0 Å². The highest BCUT2D eigenvalue weighted by atomic mass is 32.1. The van der Waals surface area contributed by atoms with Crippen molar-refractivity contribution in [3.63, 3.8) is 0 Å². The number of anilines is 1. The lowest BCUT2D eigenvalue weighted by Gasteiger charge is -2.33. The molecule has 3 rings (SSSR count). The topological polar surface area (TPSA) is 75.0 Å². The average molecular weight is 406 g/mol. The minimum Gasteiger partial charge on any atom is -0.468 e. The summed E-state index contributed by atoms with van der Waals surface area (Å²) in [7, 11) is 0. The lowest BCUT2D eigenvalue weighted by Crippen LogP contribution is -2.48. The fraction of sp³-hybridized carbons (Fsp3) is 0.500. The molecule has 2 aromatic rings. The number of nitrogens with one attached hydrogen (secondary N) is 1. The van der Waals surface area contributed by atoms with E-state index in [2.05, 4.69) is 15.1 Å². The van der Waals surface area contributed by atoms with Crippen molar-refractivity contribution in [3.05, 3.63) is 40.7 Å². The number of nitrogens with zero attached hydrogens (tertiary/aromatic N) is 2. The molecule has 0 aromatic carbocycles. The molecule has 1 N–H and O–H groups in total. The van der Waals surface area contributed by atoms with Crippen LogP contribution in [0, 0.1) is 0 Å². The minimum atomic E-state index is -0.389. The third-order valence-electron chi connectivity index (χ3n) is 4.67. The lowest BCUT2D eigenvalue weighted by molar-refractivity contribution is -0.117. The van der Waals surface area contributed by atoms with Crippen LogP contribution in [0.25, 0.3) is 0 Å². The maximum Gasteiger partial charge on any atom is 0.341 e. The molecule has 3 heterocycles. The van der Waals surface area contributed by atoms with E-state index >= 15 is 0 Å². The van der Waals surface area contributed by atoms with Gasteiger partial charge in [-0.25, -0.2) is 4.79 Å². The van der Waals surface area contributed by atoms with Crippen LogP contribution < -0.4 is 5.32 Å². The molecule has 8 heteroatoms. The first-order valence-electron chi connectivity index (χ1n) is 9.65. The number of furan rings is 1. The SMILES string of the molecule is CCOC(=O)c1cc(CC)sc1NC(=O)CN1CCN(Cc2ccco2)CC1. The van der Waals surface area contributed by atoms with E-state index in [1.807, 2.05) is 25.1 Å². The summed E-state index contributed by atoms with van der Waals surface area (Å²) in [4.78, 5) is 30.2. The number of hydrogen-bond donors (Lipinski definition) is 1. The molecule has 0 radical (unpaired) electrons. The van der Waals surface area contributed by atoms with Gasteiger partial charge in [0.05, 0.1) is 31.5 Å². The molecule has 0 unspecified atom stereocenters. The average Bonchev–Trinajstić information content (AvgIpc) is 3.33. The Hall–Kier alpha value is -2.16. The second-order valence-electron chi connectivity index (χ2n) is 6.71. The van der Waals surface area contributed by atoms with Gasteiger partial charge in [-0.2, -0.15) is 0 Å².